The highest BCUT2D eigenvalue weighted by molar-refractivity contribution is 5.63. The lowest BCUT2D eigenvalue weighted by Gasteiger charge is -1.96. The van der Waals surface area contributed by atoms with Gasteiger partial charge in [-0.2, -0.15) is 0 Å². The number of para-hydroxylation sites is 1. The third kappa shape index (κ3) is 31.6. The highest BCUT2D eigenvalue weighted by Gasteiger charge is 2.00. The third-order valence-electron chi connectivity index (χ3n) is 0.993. The molecule has 0 aliphatic rings. The molecule has 0 amide bonds. The molecule has 0 saturated carbocycles. The molecule has 120 valence electrons. The maximum Gasteiger partial charge on any atom is 0.300 e. The van der Waals surface area contributed by atoms with Gasteiger partial charge in [0, 0.05) is 20.8 Å². The first-order chi connectivity index (χ1) is 9.41. The van der Waals surface area contributed by atoms with E-state index in [1.54, 1.807) is 0 Å². The van der Waals surface area contributed by atoms with Gasteiger partial charge in [0.2, 0.25) is 0 Å². The van der Waals surface area contributed by atoms with Gasteiger partial charge in [0.15, 0.2) is 17.2 Å². The fraction of sp³-hybridized carbons (Fsp3) is 0.250. The van der Waals surface area contributed by atoms with Crippen molar-refractivity contribution in [3.63, 3.8) is 0 Å². The van der Waals surface area contributed by atoms with Crippen molar-refractivity contribution in [1.82, 2.24) is 0 Å². The van der Waals surface area contributed by atoms with Gasteiger partial charge < -0.3 is 30.6 Å². The monoisotopic (exact) mass is 306 g/mol. The van der Waals surface area contributed by atoms with Crippen LogP contribution in [0.3, 0.4) is 0 Å². The van der Waals surface area contributed by atoms with Gasteiger partial charge in [-0.3, -0.25) is 14.4 Å². The maximum atomic E-state index is 9.00. The second-order valence-electron chi connectivity index (χ2n) is 3.20. The van der Waals surface area contributed by atoms with Crippen LogP contribution in [-0.4, -0.2) is 48.5 Å². The van der Waals surface area contributed by atoms with Crippen LogP contribution in [0.1, 0.15) is 20.8 Å². The Bertz CT molecular complexity index is 393. The van der Waals surface area contributed by atoms with Crippen LogP contribution in [0.5, 0.6) is 17.2 Å². The summed E-state index contributed by atoms with van der Waals surface area (Å²) >= 11 is 0. The quantitative estimate of drug-likeness (QED) is 0.383. The van der Waals surface area contributed by atoms with Crippen molar-refractivity contribution < 1.29 is 45.0 Å². The van der Waals surface area contributed by atoms with Crippen molar-refractivity contribution in [3.8, 4) is 17.2 Å². The summed E-state index contributed by atoms with van der Waals surface area (Å²) in [6.07, 6.45) is 0. The molecule has 1 aromatic carbocycles. The zero-order chi connectivity index (χ0) is 17.6. The molecule has 0 bridgehead atoms. The van der Waals surface area contributed by atoms with Crippen molar-refractivity contribution in [2.24, 2.45) is 0 Å². The normalized spacial score (nSPS) is 7.57. The Morgan fingerprint density at radius 2 is 0.905 bits per heavy atom. The van der Waals surface area contributed by atoms with Crippen molar-refractivity contribution in [3.05, 3.63) is 18.2 Å². The lowest BCUT2D eigenvalue weighted by Crippen LogP contribution is -1.78. The van der Waals surface area contributed by atoms with Gasteiger partial charge in [0.25, 0.3) is 17.9 Å². The number of phenols is 3. The molecule has 0 heterocycles. The predicted molar refractivity (Wildman–Crippen MR) is 71.4 cm³/mol. The van der Waals surface area contributed by atoms with Gasteiger partial charge >= 0.3 is 0 Å². The number of carbonyl (C=O) groups is 3. The topological polar surface area (TPSA) is 173 Å². The molecule has 1 rings (SSSR count). The minimum Gasteiger partial charge on any atom is -0.504 e. The Balaban J connectivity index is -0.000000230. The van der Waals surface area contributed by atoms with E-state index in [9.17, 15) is 0 Å². The first-order valence-corrected chi connectivity index (χ1v) is 5.20. The molecule has 0 atom stereocenters. The van der Waals surface area contributed by atoms with Crippen LogP contribution in [0.2, 0.25) is 0 Å². The van der Waals surface area contributed by atoms with E-state index in [2.05, 4.69) is 0 Å². The average molecular weight is 306 g/mol. The minimum atomic E-state index is -0.833. The molecule has 0 aliphatic heterocycles. The highest BCUT2D eigenvalue weighted by Crippen LogP contribution is 2.32. The van der Waals surface area contributed by atoms with Crippen molar-refractivity contribution in [1.29, 1.82) is 0 Å². The van der Waals surface area contributed by atoms with E-state index in [-0.39, 0.29) is 11.5 Å². The molecular formula is C12H18O9. The molecule has 0 unspecified atom stereocenters. The zero-order valence-electron chi connectivity index (χ0n) is 11.6. The molecular weight excluding hydrogens is 288 g/mol. The van der Waals surface area contributed by atoms with E-state index >= 15 is 0 Å². The van der Waals surface area contributed by atoms with Crippen molar-refractivity contribution >= 4 is 17.9 Å². The summed E-state index contributed by atoms with van der Waals surface area (Å²) in [4.78, 5) is 27.0. The molecule has 0 aromatic heterocycles. The predicted octanol–water partition coefficient (Wildman–Crippen LogP) is 1.08. The molecule has 0 radical (unpaired) electrons. The average Bonchev–Trinajstić information content (AvgIpc) is 2.23. The number of aliphatic carboxylic acids is 3. The number of carboxylic acid groups (broad SMARTS) is 3. The molecule has 0 spiro atoms. The van der Waals surface area contributed by atoms with Gasteiger partial charge in [-0.1, -0.05) is 6.07 Å². The first-order valence-electron chi connectivity index (χ1n) is 5.20. The number of aromatic hydroxyl groups is 3. The van der Waals surface area contributed by atoms with Crippen LogP contribution in [0.15, 0.2) is 18.2 Å². The SMILES string of the molecule is CC(=O)O.CC(=O)O.CC(=O)O.Oc1cccc(O)c1O. The summed E-state index contributed by atoms with van der Waals surface area (Å²) < 4.78 is 0. The van der Waals surface area contributed by atoms with Gasteiger partial charge in [0.1, 0.15) is 0 Å². The van der Waals surface area contributed by atoms with Gasteiger partial charge in [-0.25, -0.2) is 0 Å². The molecule has 9 nitrogen and oxygen atoms in total. The smallest absolute Gasteiger partial charge is 0.300 e. The summed E-state index contributed by atoms with van der Waals surface area (Å²) in [5.41, 5.74) is 0. The molecule has 0 fully saturated rings. The second kappa shape index (κ2) is 13.5. The van der Waals surface area contributed by atoms with Crippen molar-refractivity contribution in [2.75, 3.05) is 0 Å². The van der Waals surface area contributed by atoms with Gasteiger partial charge in [-0.15, -0.1) is 0 Å². The Morgan fingerprint density at radius 1 is 0.714 bits per heavy atom. The number of hydrogen-bond acceptors (Lipinski definition) is 6. The second-order valence-corrected chi connectivity index (χ2v) is 3.20. The number of hydrogen-bond donors (Lipinski definition) is 6. The van der Waals surface area contributed by atoms with E-state index in [4.69, 9.17) is 45.0 Å². The van der Waals surface area contributed by atoms with Crippen LogP contribution in [-0.2, 0) is 14.4 Å². The largest absolute Gasteiger partial charge is 0.504 e. The molecule has 0 aliphatic carbocycles. The Hall–Kier alpha value is -2.97. The summed E-state index contributed by atoms with van der Waals surface area (Å²) in [6.45, 7) is 3.25. The number of rotatable bonds is 0. The highest BCUT2D eigenvalue weighted by atomic mass is 16.4. The summed E-state index contributed by atoms with van der Waals surface area (Å²) in [7, 11) is 0. The molecule has 6 N–H and O–H groups in total. The lowest BCUT2D eigenvalue weighted by atomic mass is 10.3. The molecule has 1 aromatic rings. The van der Waals surface area contributed by atoms with Crippen LogP contribution in [0.4, 0.5) is 0 Å². The van der Waals surface area contributed by atoms with Gasteiger partial charge in [-0.05, 0) is 12.1 Å². The van der Waals surface area contributed by atoms with Crippen LogP contribution in [0.25, 0.3) is 0 Å². The molecule has 21 heavy (non-hydrogen) atoms. The van der Waals surface area contributed by atoms with E-state index in [1.807, 2.05) is 0 Å². The minimum absolute atomic E-state index is 0.310. The summed E-state index contributed by atoms with van der Waals surface area (Å²) in [5, 5.41) is 48.3. The number of phenolic OH excluding ortho intramolecular Hbond substituents is 3. The van der Waals surface area contributed by atoms with Crippen molar-refractivity contribution in [2.45, 2.75) is 20.8 Å². The maximum absolute atomic E-state index is 9.00. The van der Waals surface area contributed by atoms with Crippen LogP contribution < -0.4 is 0 Å². The standard InChI is InChI=1S/C6H6O3.3C2H4O2/c7-4-2-1-3-5(8)6(4)9;3*1-2(3)4/h1-3,7-9H;3*1H3,(H,3,4). The Labute approximate surface area is 120 Å². The fourth-order valence-corrected chi connectivity index (χ4v) is 0.519. The molecule has 9 heteroatoms. The van der Waals surface area contributed by atoms with E-state index in [1.165, 1.54) is 18.2 Å². The third-order valence-corrected chi connectivity index (χ3v) is 0.993. The Morgan fingerprint density at radius 3 is 1.05 bits per heavy atom. The van der Waals surface area contributed by atoms with Crippen LogP contribution in [0, 0.1) is 0 Å². The van der Waals surface area contributed by atoms with E-state index < -0.39 is 23.7 Å². The zero-order valence-corrected chi connectivity index (χ0v) is 11.6. The number of benzene rings is 1. The summed E-state index contributed by atoms with van der Waals surface area (Å²) in [6, 6.07) is 4.01. The summed E-state index contributed by atoms with van der Waals surface area (Å²) in [5.74, 6) is -3.59. The van der Waals surface area contributed by atoms with E-state index in [0.29, 0.717) is 0 Å². The van der Waals surface area contributed by atoms with E-state index in [0.717, 1.165) is 20.8 Å². The lowest BCUT2D eigenvalue weighted by molar-refractivity contribution is -0.135. The Kier molecular flexibility index (Phi) is 14.8. The van der Waals surface area contributed by atoms with Gasteiger partial charge in [0.05, 0.1) is 0 Å². The number of carboxylic acids is 3. The fourth-order valence-electron chi connectivity index (χ4n) is 0.519. The van der Waals surface area contributed by atoms with Crippen LogP contribution >= 0.6 is 0 Å². The molecule has 0 saturated heterocycles. The first kappa shape index (κ1) is 23.1.